The molecule has 0 aliphatic carbocycles. The van der Waals surface area contributed by atoms with Crippen LogP contribution in [-0.4, -0.2) is 16.1 Å². The van der Waals surface area contributed by atoms with E-state index in [1.54, 1.807) is 12.5 Å². The highest BCUT2D eigenvalue weighted by Gasteiger charge is 2.07. The van der Waals surface area contributed by atoms with Gasteiger partial charge in [0, 0.05) is 30.7 Å². The molecular weight excluding hydrogens is 236 g/mol. The van der Waals surface area contributed by atoms with Gasteiger partial charge in [0.15, 0.2) is 0 Å². The van der Waals surface area contributed by atoms with Crippen molar-refractivity contribution in [3.8, 4) is 11.8 Å². The first-order valence-electron chi connectivity index (χ1n) is 6.42. The van der Waals surface area contributed by atoms with Crippen molar-refractivity contribution < 1.29 is 0 Å². The molecule has 0 radical (unpaired) electrons. The molecule has 2 aromatic rings. The highest BCUT2D eigenvalue weighted by Crippen LogP contribution is 2.15. The average molecular weight is 254 g/mol. The van der Waals surface area contributed by atoms with Crippen molar-refractivity contribution in [1.82, 2.24) is 14.9 Å². The summed E-state index contributed by atoms with van der Waals surface area (Å²) >= 11 is 0. The Morgan fingerprint density at radius 2 is 2.05 bits per heavy atom. The minimum atomic E-state index is 0.0349. The van der Waals surface area contributed by atoms with Gasteiger partial charge in [0.2, 0.25) is 0 Å². The third-order valence-corrected chi connectivity index (χ3v) is 3.15. The van der Waals surface area contributed by atoms with Crippen molar-refractivity contribution in [3.05, 3.63) is 48.5 Å². The van der Waals surface area contributed by atoms with E-state index in [1.807, 2.05) is 17.7 Å². The molecule has 0 spiro atoms. The van der Waals surface area contributed by atoms with Gasteiger partial charge in [-0.3, -0.25) is 0 Å². The molecule has 4 heteroatoms. The van der Waals surface area contributed by atoms with Gasteiger partial charge in [-0.1, -0.05) is 12.1 Å². The van der Waals surface area contributed by atoms with Crippen LogP contribution in [0.4, 0.5) is 0 Å². The van der Waals surface area contributed by atoms with Crippen molar-refractivity contribution in [1.29, 1.82) is 5.26 Å². The fourth-order valence-electron chi connectivity index (χ4n) is 1.86. The SMILES string of the molecule is C[C@H](C#N)CN[C@@H](C)c1ccc(-n2ccnc2)cc1. The lowest BCUT2D eigenvalue weighted by Gasteiger charge is -2.15. The number of nitrogens with one attached hydrogen (secondary N) is 1. The summed E-state index contributed by atoms with van der Waals surface area (Å²) < 4.78 is 1.97. The monoisotopic (exact) mass is 254 g/mol. The van der Waals surface area contributed by atoms with Gasteiger partial charge in [0.1, 0.15) is 0 Å². The minimum absolute atomic E-state index is 0.0349. The van der Waals surface area contributed by atoms with Crippen molar-refractivity contribution >= 4 is 0 Å². The Balaban J connectivity index is 2.00. The van der Waals surface area contributed by atoms with Crippen LogP contribution in [0.5, 0.6) is 0 Å². The third-order valence-electron chi connectivity index (χ3n) is 3.15. The average Bonchev–Trinajstić information content (AvgIpc) is 2.98. The molecule has 1 N–H and O–H groups in total. The highest BCUT2D eigenvalue weighted by atomic mass is 15.0. The molecule has 0 amide bonds. The largest absolute Gasteiger partial charge is 0.309 e. The second-order valence-corrected chi connectivity index (χ2v) is 4.72. The summed E-state index contributed by atoms with van der Waals surface area (Å²) in [4.78, 5) is 4.03. The molecule has 1 heterocycles. The van der Waals surface area contributed by atoms with Gasteiger partial charge in [0.05, 0.1) is 18.3 Å². The minimum Gasteiger partial charge on any atom is -0.309 e. The Morgan fingerprint density at radius 1 is 1.32 bits per heavy atom. The van der Waals surface area contributed by atoms with Crippen LogP contribution in [0.25, 0.3) is 5.69 Å². The summed E-state index contributed by atoms with van der Waals surface area (Å²) in [6.07, 6.45) is 5.47. The predicted octanol–water partition coefficient (Wildman–Crippen LogP) is 2.68. The lowest BCUT2D eigenvalue weighted by atomic mass is 10.1. The fraction of sp³-hybridized carbons (Fsp3) is 0.333. The van der Waals surface area contributed by atoms with E-state index in [9.17, 15) is 0 Å². The normalized spacial score (nSPS) is 13.7. The Morgan fingerprint density at radius 3 is 2.63 bits per heavy atom. The van der Waals surface area contributed by atoms with Gasteiger partial charge in [-0.05, 0) is 31.5 Å². The number of nitrogens with zero attached hydrogens (tertiary/aromatic N) is 3. The van der Waals surface area contributed by atoms with E-state index in [-0.39, 0.29) is 12.0 Å². The molecule has 0 saturated carbocycles. The maximum absolute atomic E-state index is 8.76. The zero-order valence-corrected chi connectivity index (χ0v) is 11.2. The van der Waals surface area contributed by atoms with Crippen LogP contribution in [-0.2, 0) is 0 Å². The van der Waals surface area contributed by atoms with E-state index in [0.717, 1.165) is 5.69 Å². The molecule has 2 atom stereocenters. The summed E-state index contributed by atoms with van der Waals surface area (Å²) in [6.45, 7) is 4.74. The maximum Gasteiger partial charge on any atom is 0.0991 e. The first kappa shape index (κ1) is 13.3. The van der Waals surface area contributed by atoms with Gasteiger partial charge < -0.3 is 9.88 Å². The number of nitriles is 1. The van der Waals surface area contributed by atoms with Crippen molar-refractivity contribution in [2.45, 2.75) is 19.9 Å². The number of hydrogen-bond donors (Lipinski definition) is 1. The van der Waals surface area contributed by atoms with E-state index < -0.39 is 0 Å². The maximum atomic E-state index is 8.76. The molecule has 0 aliphatic heterocycles. The van der Waals surface area contributed by atoms with Crippen LogP contribution in [0.1, 0.15) is 25.5 Å². The quantitative estimate of drug-likeness (QED) is 0.892. The Labute approximate surface area is 113 Å². The van der Waals surface area contributed by atoms with Gasteiger partial charge >= 0.3 is 0 Å². The smallest absolute Gasteiger partial charge is 0.0991 e. The van der Waals surface area contributed by atoms with Crippen LogP contribution >= 0.6 is 0 Å². The van der Waals surface area contributed by atoms with Crippen LogP contribution in [0.15, 0.2) is 43.0 Å². The number of imidazole rings is 1. The second-order valence-electron chi connectivity index (χ2n) is 4.72. The van der Waals surface area contributed by atoms with E-state index in [4.69, 9.17) is 5.26 Å². The van der Waals surface area contributed by atoms with Crippen LogP contribution < -0.4 is 5.32 Å². The topological polar surface area (TPSA) is 53.6 Å². The molecule has 98 valence electrons. The Kier molecular flexibility index (Phi) is 4.32. The molecule has 0 aliphatic rings. The second kappa shape index (κ2) is 6.17. The van der Waals surface area contributed by atoms with E-state index >= 15 is 0 Å². The molecule has 0 fully saturated rings. The van der Waals surface area contributed by atoms with Crippen molar-refractivity contribution in [2.75, 3.05) is 6.54 Å². The summed E-state index contributed by atoms with van der Waals surface area (Å²) in [6, 6.07) is 10.8. The van der Waals surface area contributed by atoms with Crippen LogP contribution in [0, 0.1) is 17.2 Å². The molecule has 1 aromatic carbocycles. The lowest BCUT2D eigenvalue weighted by Crippen LogP contribution is -2.23. The highest BCUT2D eigenvalue weighted by molar-refractivity contribution is 5.35. The zero-order chi connectivity index (χ0) is 13.7. The summed E-state index contributed by atoms with van der Waals surface area (Å²) in [5.74, 6) is 0.0349. The fourth-order valence-corrected chi connectivity index (χ4v) is 1.86. The summed E-state index contributed by atoms with van der Waals surface area (Å²) in [5, 5.41) is 12.1. The van der Waals surface area contributed by atoms with Crippen LogP contribution in [0.3, 0.4) is 0 Å². The molecule has 1 aromatic heterocycles. The Bertz CT molecular complexity index is 537. The Hall–Kier alpha value is -2.12. The predicted molar refractivity (Wildman–Crippen MR) is 74.8 cm³/mol. The molecule has 0 bridgehead atoms. The number of rotatable bonds is 5. The van der Waals surface area contributed by atoms with Crippen molar-refractivity contribution in [2.24, 2.45) is 5.92 Å². The van der Waals surface area contributed by atoms with E-state index in [1.165, 1.54) is 5.56 Å². The van der Waals surface area contributed by atoms with Gasteiger partial charge in [0.25, 0.3) is 0 Å². The zero-order valence-electron chi connectivity index (χ0n) is 11.2. The summed E-state index contributed by atoms with van der Waals surface area (Å²) in [7, 11) is 0. The number of hydrogen-bond acceptors (Lipinski definition) is 3. The number of aromatic nitrogens is 2. The summed E-state index contributed by atoms with van der Waals surface area (Å²) in [5.41, 5.74) is 2.31. The standard InChI is InChI=1S/C15H18N4/c1-12(9-16)10-18-13(2)14-3-5-15(6-4-14)19-8-7-17-11-19/h3-8,11-13,18H,10H2,1-2H3/t12-,13+/m1/s1. The molecule has 0 unspecified atom stereocenters. The van der Waals surface area contributed by atoms with Crippen molar-refractivity contribution in [3.63, 3.8) is 0 Å². The molecule has 0 saturated heterocycles. The number of benzene rings is 1. The van der Waals surface area contributed by atoms with Gasteiger partial charge in [-0.2, -0.15) is 5.26 Å². The lowest BCUT2D eigenvalue weighted by molar-refractivity contribution is 0.528. The first-order chi connectivity index (χ1) is 9.20. The third kappa shape index (κ3) is 3.43. The molecule has 2 rings (SSSR count). The molecular formula is C15H18N4. The van der Waals surface area contributed by atoms with E-state index in [2.05, 4.69) is 47.6 Å². The van der Waals surface area contributed by atoms with Gasteiger partial charge in [-0.15, -0.1) is 0 Å². The van der Waals surface area contributed by atoms with E-state index in [0.29, 0.717) is 6.54 Å². The van der Waals surface area contributed by atoms with Crippen LogP contribution in [0.2, 0.25) is 0 Å². The molecule has 19 heavy (non-hydrogen) atoms. The molecule has 4 nitrogen and oxygen atoms in total. The van der Waals surface area contributed by atoms with Gasteiger partial charge in [-0.25, -0.2) is 4.98 Å². The first-order valence-corrected chi connectivity index (χ1v) is 6.42.